The molecule has 12 heteroatoms. The number of carbonyl (C=O) groups is 2. The molecular weight excluding hydrogens is 565 g/mol. The van der Waals surface area contributed by atoms with Crippen molar-refractivity contribution in [2.24, 2.45) is 0 Å². The third kappa shape index (κ3) is 7.10. The Kier molecular flexibility index (Phi) is 9.51. The molecule has 0 saturated heterocycles. The Labute approximate surface area is 239 Å². The molecule has 1 saturated carbocycles. The van der Waals surface area contributed by atoms with Crippen LogP contribution in [0.1, 0.15) is 51.5 Å². The molecule has 2 amide bonds. The maximum absolute atomic E-state index is 13.9. The molecule has 39 heavy (non-hydrogen) atoms. The van der Waals surface area contributed by atoms with Crippen molar-refractivity contribution >= 4 is 50.7 Å². The molecule has 1 aliphatic heterocycles. The number of anilines is 1. The molecule has 1 atom stereocenters. The first-order valence-corrected chi connectivity index (χ1v) is 15.4. The Hall–Kier alpha value is -2.69. The second-order valence-corrected chi connectivity index (χ2v) is 12.7. The predicted molar refractivity (Wildman–Crippen MR) is 151 cm³/mol. The molecule has 0 radical (unpaired) electrons. The quantitative estimate of drug-likeness (QED) is 0.424. The highest BCUT2D eigenvalue weighted by molar-refractivity contribution is 7.92. The van der Waals surface area contributed by atoms with E-state index in [9.17, 15) is 18.0 Å². The molecule has 212 valence electrons. The van der Waals surface area contributed by atoms with Crippen LogP contribution in [0.4, 0.5) is 5.69 Å². The monoisotopic (exact) mass is 597 g/mol. The molecule has 4 rings (SSSR count). The van der Waals surface area contributed by atoms with Crippen molar-refractivity contribution < 1.29 is 27.5 Å². The van der Waals surface area contributed by atoms with Crippen LogP contribution in [-0.2, 0) is 26.2 Å². The van der Waals surface area contributed by atoms with E-state index in [1.807, 2.05) is 0 Å². The minimum Gasteiger partial charge on any atom is -0.454 e. The minimum atomic E-state index is -3.87. The van der Waals surface area contributed by atoms with Crippen LogP contribution >= 0.6 is 23.2 Å². The van der Waals surface area contributed by atoms with Gasteiger partial charge in [-0.15, -0.1) is 0 Å². The maximum Gasteiger partial charge on any atom is 0.244 e. The van der Waals surface area contributed by atoms with Crippen molar-refractivity contribution in [3.05, 3.63) is 52.0 Å². The second kappa shape index (κ2) is 12.7. The summed E-state index contributed by atoms with van der Waals surface area (Å²) in [5.41, 5.74) is 0.845. The van der Waals surface area contributed by atoms with Crippen molar-refractivity contribution in [2.75, 3.05) is 23.4 Å². The van der Waals surface area contributed by atoms with Crippen molar-refractivity contribution in [2.45, 2.75) is 64.6 Å². The average Bonchev–Trinajstić information content (AvgIpc) is 3.39. The first kappa shape index (κ1) is 29.3. The summed E-state index contributed by atoms with van der Waals surface area (Å²) in [6, 6.07) is 8.77. The molecule has 2 aliphatic rings. The van der Waals surface area contributed by atoms with Gasteiger partial charge in [0.15, 0.2) is 11.5 Å². The van der Waals surface area contributed by atoms with Gasteiger partial charge in [0.25, 0.3) is 0 Å². The Bertz CT molecular complexity index is 1320. The lowest BCUT2D eigenvalue weighted by Gasteiger charge is -2.33. The second-order valence-electron chi connectivity index (χ2n) is 9.72. The lowest BCUT2D eigenvalue weighted by atomic mass is 9.95. The number of amides is 2. The number of benzene rings is 2. The molecular formula is C27H33Cl2N3O6S. The van der Waals surface area contributed by atoms with Gasteiger partial charge in [0.1, 0.15) is 12.6 Å². The number of carbonyl (C=O) groups excluding carboxylic acids is 2. The van der Waals surface area contributed by atoms with Crippen molar-refractivity contribution in [3.63, 3.8) is 0 Å². The van der Waals surface area contributed by atoms with Gasteiger partial charge < -0.3 is 19.7 Å². The van der Waals surface area contributed by atoms with Crippen LogP contribution in [0.2, 0.25) is 10.0 Å². The summed E-state index contributed by atoms with van der Waals surface area (Å²) in [6.45, 7) is 2.66. The molecule has 1 fully saturated rings. The van der Waals surface area contributed by atoms with E-state index in [0.717, 1.165) is 36.4 Å². The van der Waals surface area contributed by atoms with E-state index in [2.05, 4.69) is 5.32 Å². The van der Waals surface area contributed by atoms with Gasteiger partial charge >= 0.3 is 0 Å². The van der Waals surface area contributed by atoms with E-state index in [0.29, 0.717) is 27.1 Å². The van der Waals surface area contributed by atoms with E-state index in [1.54, 1.807) is 37.3 Å². The summed E-state index contributed by atoms with van der Waals surface area (Å²) >= 11 is 12.5. The minimum absolute atomic E-state index is 0.00472. The van der Waals surface area contributed by atoms with Crippen LogP contribution in [0.25, 0.3) is 0 Å². The van der Waals surface area contributed by atoms with Gasteiger partial charge in [-0.3, -0.25) is 13.9 Å². The Morgan fingerprint density at radius 2 is 1.77 bits per heavy atom. The van der Waals surface area contributed by atoms with Gasteiger partial charge in [0, 0.05) is 28.7 Å². The third-order valence-electron chi connectivity index (χ3n) is 7.10. The van der Waals surface area contributed by atoms with Crippen LogP contribution in [0.15, 0.2) is 36.4 Å². The van der Waals surface area contributed by atoms with Gasteiger partial charge in [-0.2, -0.15) is 0 Å². The zero-order valence-electron chi connectivity index (χ0n) is 22.0. The highest BCUT2D eigenvalue weighted by atomic mass is 35.5. The smallest absolute Gasteiger partial charge is 0.244 e. The SMILES string of the molecule is CCS(=O)(=O)N(CC(=O)N(Cc1ccc(Cl)cc1Cl)C(C)C(=O)NC1CCCCC1)c1ccc2c(c1)OCO2. The number of hydrogen-bond acceptors (Lipinski definition) is 6. The normalized spacial score (nSPS) is 16.0. The van der Waals surface area contributed by atoms with E-state index in [-0.39, 0.29) is 36.7 Å². The number of nitrogens with one attached hydrogen (secondary N) is 1. The Morgan fingerprint density at radius 1 is 1.05 bits per heavy atom. The first-order chi connectivity index (χ1) is 18.6. The standard InChI is InChI=1S/C27H33Cl2N3O6S/c1-3-39(35,36)32(22-11-12-24-25(14-22)38-17-37-24)16-26(33)31(15-19-9-10-20(28)13-23(19)29)18(2)27(34)30-21-7-5-4-6-8-21/h9-14,18,21H,3-8,15-17H2,1-2H3,(H,30,34). The van der Waals surface area contributed by atoms with Crippen LogP contribution in [0.5, 0.6) is 11.5 Å². The molecule has 0 bridgehead atoms. The lowest BCUT2D eigenvalue weighted by Crippen LogP contribution is -2.53. The number of hydrogen-bond donors (Lipinski definition) is 1. The first-order valence-electron chi connectivity index (χ1n) is 13.0. The predicted octanol–water partition coefficient (Wildman–Crippen LogP) is 4.74. The summed E-state index contributed by atoms with van der Waals surface area (Å²) in [7, 11) is -3.87. The van der Waals surface area contributed by atoms with E-state index >= 15 is 0 Å². The van der Waals surface area contributed by atoms with E-state index in [1.165, 1.54) is 17.9 Å². The molecule has 2 aromatic rings. The zero-order chi connectivity index (χ0) is 28.2. The molecule has 1 unspecified atom stereocenters. The molecule has 9 nitrogen and oxygen atoms in total. The fraction of sp³-hybridized carbons (Fsp3) is 0.481. The highest BCUT2D eigenvalue weighted by Crippen LogP contribution is 2.36. The summed E-state index contributed by atoms with van der Waals surface area (Å²) in [5.74, 6) is -0.197. The average molecular weight is 599 g/mol. The van der Waals surface area contributed by atoms with Crippen molar-refractivity contribution in [1.82, 2.24) is 10.2 Å². The number of sulfonamides is 1. The summed E-state index contributed by atoms with van der Waals surface area (Å²) in [4.78, 5) is 28.5. The Balaban J connectivity index is 1.63. The number of nitrogens with zero attached hydrogens (tertiary/aromatic N) is 2. The number of halogens is 2. The molecule has 2 aromatic carbocycles. The van der Waals surface area contributed by atoms with Gasteiger partial charge in [-0.05, 0) is 56.5 Å². The van der Waals surface area contributed by atoms with Gasteiger partial charge in [-0.1, -0.05) is 48.5 Å². The van der Waals surface area contributed by atoms with E-state index in [4.69, 9.17) is 32.7 Å². The molecule has 1 N–H and O–H groups in total. The fourth-order valence-corrected chi connectivity index (χ4v) is 6.27. The fourth-order valence-electron chi connectivity index (χ4n) is 4.74. The van der Waals surface area contributed by atoms with Crippen LogP contribution < -0.4 is 19.1 Å². The molecule has 1 heterocycles. The summed E-state index contributed by atoms with van der Waals surface area (Å²) in [6.07, 6.45) is 5.01. The van der Waals surface area contributed by atoms with Crippen LogP contribution in [-0.4, -0.2) is 56.3 Å². The van der Waals surface area contributed by atoms with Crippen molar-refractivity contribution in [1.29, 1.82) is 0 Å². The number of fused-ring (bicyclic) bond motifs is 1. The van der Waals surface area contributed by atoms with Gasteiger partial charge in [0.2, 0.25) is 28.6 Å². The maximum atomic E-state index is 13.9. The summed E-state index contributed by atoms with van der Waals surface area (Å²) < 4.78 is 38.1. The van der Waals surface area contributed by atoms with Gasteiger partial charge in [0.05, 0.1) is 11.4 Å². The largest absolute Gasteiger partial charge is 0.454 e. The van der Waals surface area contributed by atoms with E-state index < -0.39 is 28.5 Å². The highest BCUT2D eigenvalue weighted by Gasteiger charge is 2.33. The molecule has 0 aromatic heterocycles. The zero-order valence-corrected chi connectivity index (χ0v) is 24.3. The molecule has 1 aliphatic carbocycles. The van der Waals surface area contributed by atoms with Gasteiger partial charge in [-0.25, -0.2) is 8.42 Å². The van der Waals surface area contributed by atoms with Crippen LogP contribution in [0, 0.1) is 0 Å². The van der Waals surface area contributed by atoms with Crippen molar-refractivity contribution in [3.8, 4) is 11.5 Å². The lowest BCUT2D eigenvalue weighted by molar-refractivity contribution is -0.139. The number of ether oxygens (including phenoxy) is 2. The summed E-state index contributed by atoms with van der Waals surface area (Å²) in [5, 5.41) is 3.85. The number of rotatable bonds is 10. The molecule has 0 spiro atoms. The third-order valence-corrected chi connectivity index (χ3v) is 9.43. The Morgan fingerprint density at radius 3 is 2.46 bits per heavy atom. The topological polar surface area (TPSA) is 105 Å². The van der Waals surface area contributed by atoms with Crippen LogP contribution in [0.3, 0.4) is 0 Å².